The molecule has 13 heavy (non-hydrogen) atoms. The first-order valence-corrected chi connectivity index (χ1v) is 5.12. The van der Waals surface area contributed by atoms with Crippen molar-refractivity contribution in [1.82, 2.24) is 4.90 Å². The molecule has 0 aromatic carbocycles. The summed E-state index contributed by atoms with van der Waals surface area (Å²) in [6.07, 6.45) is 2.83. The maximum absolute atomic E-state index is 10.7. The van der Waals surface area contributed by atoms with Crippen molar-refractivity contribution >= 4 is 5.91 Å². The van der Waals surface area contributed by atoms with E-state index in [0.29, 0.717) is 18.4 Å². The molecular formula is C10H20N2O. The lowest BCUT2D eigenvalue weighted by Crippen LogP contribution is -2.39. The molecule has 2 N–H and O–H groups in total. The van der Waals surface area contributed by atoms with Crippen LogP contribution in [0.5, 0.6) is 0 Å². The van der Waals surface area contributed by atoms with Crippen LogP contribution in [0.4, 0.5) is 0 Å². The van der Waals surface area contributed by atoms with Gasteiger partial charge in [0, 0.05) is 12.5 Å². The van der Waals surface area contributed by atoms with Crippen LogP contribution in [0.2, 0.25) is 0 Å². The number of piperidine rings is 1. The van der Waals surface area contributed by atoms with E-state index >= 15 is 0 Å². The van der Waals surface area contributed by atoms with Gasteiger partial charge in [-0.05, 0) is 45.7 Å². The fourth-order valence-corrected chi connectivity index (χ4v) is 1.96. The van der Waals surface area contributed by atoms with E-state index in [1.807, 2.05) is 0 Å². The highest BCUT2D eigenvalue weighted by molar-refractivity contribution is 5.73. The standard InChI is InChI=1S/C10H20N2O/c1-8(2)12-5-3-9(4-6-12)7-10(11)13/h8-9H,3-7H2,1-2H3,(H2,11,13). The molecule has 0 aromatic rings. The lowest BCUT2D eigenvalue weighted by Gasteiger charge is -2.34. The average molecular weight is 184 g/mol. The molecule has 0 bridgehead atoms. The van der Waals surface area contributed by atoms with E-state index in [9.17, 15) is 4.79 Å². The van der Waals surface area contributed by atoms with Gasteiger partial charge in [-0.3, -0.25) is 4.79 Å². The van der Waals surface area contributed by atoms with E-state index in [-0.39, 0.29) is 5.91 Å². The Morgan fingerprint density at radius 1 is 1.46 bits per heavy atom. The van der Waals surface area contributed by atoms with Gasteiger partial charge in [0.25, 0.3) is 0 Å². The second kappa shape index (κ2) is 4.61. The van der Waals surface area contributed by atoms with Crippen LogP contribution in [-0.4, -0.2) is 29.9 Å². The third kappa shape index (κ3) is 3.35. The van der Waals surface area contributed by atoms with Crippen molar-refractivity contribution in [2.24, 2.45) is 11.7 Å². The summed E-state index contributed by atoms with van der Waals surface area (Å²) < 4.78 is 0. The molecule has 1 amide bonds. The molecule has 1 aliphatic heterocycles. The Kier molecular flexibility index (Phi) is 3.72. The van der Waals surface area contributed by atoms with Crippen LogP contribution in [0.3, 0.4) is 0 Å². The zero-order valence-electron chi connectivity index (χ0n) is 8.62. The van der Waals surface area contributed by atoms with E-state index in [4.69, 9.17) is 5.73 Å². The van der Waals surface area contributed by atoms with Gasteiger partial charge in [-0.1, -0.05) is 0 Å². The van der Waals surface area contributed by atoms with Crippen LogP contribution in [0.1, 0.15) is 33.1 Å². The molecule has 3 heteroatoms. The zero-order chi connectivity index (χ0) is 9.84. The summed E-state index contributed by atoms with van der Waals surface area (Å²) in [5, 5.41) is 0. The molecule has 1 aliphatic rings. The van der Waals surface area contributed by atoms with Crippen LogP contribution in [0, 0.1) is 5.92 Å². The maximum Gasteiger partial charge on any atom is 0.217 e. The number of likely N-dealkylation sites (tertiary alicyclic amines) is 1. The minimum absolute atomic E-state index is 0.150. The predicted molar refractivity (Wildman–Crippen MR) is 53.2 cm³/mol. The summed E-state index contributed by atoms with van der Waals surface area (Å²) in [5.74, 6) is 0.385. The summed E-state index contributed by atoms with van der Waals surface area (Å²) in [6.45, 7) is 6.67. The smallest absolute Gasteiger partial charge is 0.217 e. The molecular weight excluding hydrogens is 164 g/mol. The predicted octanol–water partition coefficient (Wildman–Crippen LogP) is 0.982. The highest BCUT2D eigenvalue weighted by Crippen LogP contribution is 2.21. The number of nitrogens with two attached hydrogens (primary N) is 1. The van der Waals surface area contributed by atoms with Crippen molar-refractivity contribution < 1.29 is 4.79 Å². The SMILES string of the molecule is CC(C)N1CCC(CC(N)=O)CC1. The number of rotatable bonds is 3. The summed E-state index contributed by atoms with van der Waals surface area (Å²) in [5.41, 5.74) is 5.17. The molecule has 1 fully saturated rings. The first-order valence-electron chi connectivity index (χ1n) is 5.12. The van der Waals surface area contributed by atoms with Crippen LogP contribution in [-0.2, 0) is 4.79 Å². The Hall–Kier alpha value is -0.570. The molecule has 1 heterocycles. The topological polar surface area (TPSA) is 46.3 Å². The zero-order valence-corrected chi connectivity index (χ0v) is 8.62. The highest BCUT2D eigenvalue weighted by Gasteiger charge is 2.21. The van der Waals surface area contributed by atoms with Crippen molar-refractivity contribution in [2.75, 3.05) is 13.1 Å². The Labute approximate surface area is 80.3 Å². The Morgan fingerprint density at radius 2 is 2.00 bits per heavy atom. The minimum atomic E-state index is -0.150. The fraction of sp³-hybridized carbons (Fsp3) is 0.900. The second-order valence-corrected chi connectivity index (χ2v) is 4.24. The van der Waals surface area contributed by atoms with Gasteiger partial charge in [0.1, 0.15) is 0 Å². The van der Waals surface area contributed by atoms with Gasteiger partial charge in [0.2, 0.25) is 5.91 Å². The maximum atomic E-state index is 10.7. The molecule has 0 atom stereocenters. The van der Waals surface area contributed by atoms with E-state index in [0.717, 1.165) is 25.9 Å². The molecule has 0 spiro atoms. The second-order valence-electron chi connectivity index (χ2n) is 4.24. The summed E-state index contributed by atoms with van der Waals surface area (Å²) in [4.78, 5) is 13.1. The van der Waals surface area contributed by atoms with E-state index < -0.39 is 0 Å². The molecule has 0 saturated carbocycles. The monoisotopic (exact) mass is 184 g/mol. The molecule has 0 aromatic heterocycles. The average Bonchev–Trinajstić information content (AvgIpc) is 2.04. The van der Waals surface area contributed by atoms with Crippen LogP contribution >= 0.6 is 0 Å². The number of carbonyl (C=O) groups is 1. The Morgan fingerprint density at radius 3 is 2.38 bits per heavy atom. The number of amides is 1. The first kappa shape index (κ1) is 10.5. The third-order valence-corrected chi connectivity index (χ3v) is 2.87. The van der Waals surface area contributed by atoms with Gasteiger partial charge in [-0.25, -0.2) is 0 Å². The molecule has 1 rings (SSSR count). The van der Waals surface area contributed by atoms with Crippen molar-refractivity contribution in [3.05, 3.63) is 0 Å². The number of nitrogens with zero attached hydrogens (tertiary/aromatic N) is 1. The molecule has 0 aliphatic carbocycles. The van der Waals surface area contributed by atoms with Crippen molar-refractivity contribution in [1.29, 1.82) is 0 Å². The third-order valence-electron chi connectivity index (χ3n) is 2.87. The van der Waals surface area contributed by atoms with Gasteiger partial charge >= 0.3 is 0 Å². The Bertz CT molecular complexity index is 172. The fourth-order valence-electron chi connectivity index (χ4n) is 1.96. The van der Waals surface area contributed by atoms with Crippen molar-refractivity contribution in [2.45, 2.75) is 39.2 Å². The van der Waals surface area contributed by atoms with Crippen LogP contribution in [0.25, 0.3) is 0 Å². The minimum Gasteiger partial charge on any atom is -0.370 e. The number of hydrogen-bond donors (Lipinski definition) is 1. The summed E-state index contributed by atoms with van der Waals surface area (Å²) >= 11 is 0. The van der Waals surface area contributed by atoms with Crippen LogP contribution < -0.4 is 5.73 Å². The normalized spacial score (nSPS) is 20.8. The van der Waals surface area contributed by atoms with Gasteiger partial charge in [-0.2, -0.15) is 0 Å². The Balaban J connectivity index is 2.26. The highest BCUT2D eigenvalue weighted by atomic mass is 16.1. The van der Waals surface area contributed by atoms with Gasteiger partial charge in [0.05, 0.1) is 0 Å². The van der Waals surface area contributed by atoms with Crippen molar-refractivity contribution in [3.8, 4) is 0 Å². The first-order chi connectivity index (χ1) is 6.09. The van der Waals surface area contributed by atoms with E-state index in [2.05, 4.69) is 18.7 Å². The van der Waals surface area contributed by atoms with Crippen molar-refractivity contribution in [3.63, 3.8) is 0 Å². The number of primary amides is 1. The van der Waals surface area contributed by atoms with E-state index in [1.165, 1.54) is 0 Å². The number of carbonyl (C=O) groups excluding carboxylic acids is 1. The lowest BCUT2D eigenvalue weighted by molar-refractivity contribution is -0.119. The molecule has 76 valence electrons. The van der Waals surface area contributed by atoms with E-state index in [1.54, 1.807) is 0 Å². The molecule has 0 radical (unpaired) electrons. The quantitative estimate of drug-likeness (QED) is 0.710. The van der Waals surface area contributed by atoms with Gasteiger partial charge < -0.3 is 10.6 Å². The molecule has 3 nitrogen and oxygen atoms in total. The summed E-state index contributed by atoms with van der Waals surface area (Å²) in [7, 11) is 0. The molecule has 1 saturated heterocycles. The summed E-state index contributed by atoms with van der Waals surface area (Å²) in [6, 6.07) is 0.634. The number of hydrogen-bond acceptors (Lipinski definition) is 2. The van der Waals surface area contributed by atoms with Crippen LogP contribution in [0.15, 0.2) is 0 Å². The lowest BCUT2D eigenvalue weighted by atomic mass is 9.93. The van der Waals surface area contributed by atoms with Gasteiger partial charge in [0.15, 0.2) is 0 Å². The molecule has 0 unspecified atom stereocenters. The largest absolute Gasteiger partial charge is 0.370 e. The van der Waals surface area contributed by atoms with Gasteiger partial charge in [-0.15, -0.1) is 0 Å².